The molecule has 84 valence electrons. The summed E-state index contributed by atoms with van der Waals surface area (Å²) < 4.78 is 58.6. The number of halogens is 4. The molecule has 1 aromatic rings. The quantitative estimate of drug-likeness (QED) is 0.646. The lowest BCUT2D eigenvalue weighted by Gasteiger charge is -2.04. The molecular weight excluding hydrogens is 259 g/mol. The summed E-state index contributed by atoms with van der Waals surface area (Å²) >= 11 is 0. The Labute approximate surface area is 86.1 Å². The third kappa shape index (κ3) is 2.51. The highest BCUT2D eigenvalue weighted by atomic mass is 35.7. The minimum absolute atomic E-state index is 0.210. The van der Waals surface area contributed by atoms with Gasteiger partial charge >= 0.3 is 0 Å². The molecule has 1 aromatic heterocycles. The number of pyridine rings is 1. The van der Waals surface area contributed by atoms with Gasteiger partial charge in [-0.05, 0) is 0 Å². The molecule has 0 aliphatic carbocycles. The average Bonchev–Trinajstić information content (AvgIpc) is 1.99. The van der Waals surface area contributed by atoms with E-state index in [1.807, 2.05) is 0 Å². The van der Waals surface area contributed by atoms with Gasteiger partial charge in [-0.3, -0.25) is 9.78 Å². The monoisotopic (exact) mass is 261 g/mol. The Balaban J connectivity index is 3.71. The standard InChI is InChI=1S/C6H3ClF3NO3S/c7-15(13,14)4-2(5(9)10)1-3(8)11-6(4)12/h1,5H,(H,11,12). The van der Waals surface area contributed by atoms with E-state index in [1.165, 1.54) is 4.98 Å². The number of aromatic nitrogens is 1. The second-order valence-electron chi connectivity index (χ2n) is 2.47. The maximum absolute atomic E-state index is 12.5. The summed E-state index contributed by atoms with van der Waals surface area (Å²) in [6.07, 6.45) is -3.31. The van der Waals surface area contributed by atoms with Crippen molar-refractivity contribution < 1.29 is 21.6 Å². The smallest absolute Gasteiger partial charge is 0.270 e. The number of aromatic amines is 1. The number of hydrogen-bond acceptors (Lipinski definition) is 3. The molecule has 4 nitrogen and oxygen atoms in total. The van der Waals surface area contributed by atoms with Crippen molar-refractivity contribution in [3.63, 3.8) is 0 Å². The number of nitrogens with one attached hydrogen (secondary N) is 1. The Morgan fingerprint density at radius 3 is 2.33 bits per heavy atom. The van der Waals surface area contributed by atoms with Crippen LogP contribution in [-0.2, 0) is 9.05 Å². The van der Waals surface area contributed by atoms with Gasteiger partial charge in [0.2, 0.25) is 0 Å². The fourth-order valence-electron chi connectivity index (χ4n) is 0.948. The van der Waals surface area contributed by atoms with Crippen LogP contribution in [0, 0.1) is 5.95 Å². The summed E-state index contributed by atoms with van der Waals surface area (Å²) in [4.78, 5) is 11.0. The van der Waals surface area contributed by atoms with Crippen LogP contribution in [0.15, 0.2) is 15.8 Å². The van der Waals surface area contributed by atoms with Crippen LogP contribution in [0.2, 0.25) is 0 Å². The lowest BCUT2D eigenvalue weighted by molar-refractivity contribution is 0.147. The number of alkyl halides is 2. The predicted molar refractivity (Wildman–Crippen MR) is 45.0 cm³/mol. The van der Waals surface area contributed by atoms with Gasteiger partial charge in [0.1, 0.15) is 0 Å². The third-order valence-corrected chi connectivity index (χ3v) is 2.83. The molecule has 1 heterocycles. The predicted octanol–water partition coefficient (Wildman–Crippen LogP) is 1.38. The molecule has 9 heteroatoms. The highest BCUT2D eigenvalue weighted by molar-refractivity contribution is 8.13. The van der Waals surface area contributed by atoms with Crippen LogP contribution in [-0.4, -0.2) is 13.4 Å². The topological polar surface area (TPSA) is 67.0 Å². The van der Waals surface area contributed by atoms with Crippen LogP contribution in [0.4, 0.5) is 13.2 Å². The van der Waals surface area contributed by atoms with Gasteiger partial charge in [-0.25, -0.2) is 17.2 Å². The Kier molecular flexibility index (Phi) is 3.10. The Morgan fingerprint density at radius 2 is 1.93 bits per heavy atom. The van der Waals surface area contributed by atoms with Gasteiger partial charge in [0.05, 0.1) is 0 Å². The van der Waals surface area contributed by atoms with Crippen molar-refractivity contribution in [2.45, 2.75) is 11.3 Å². The van der Waals surface area contributed by atoms with E-state index in [-0.39, 0.29) is 6.07 Å². The second-order valence-corrected chi connectivity index (χ2v) is 4.97. The zero-order valence-electron chi connectivity index (χ0n) is 6.80. The van der Waals surface area contributed by atoms with Crippen LogP contribution in [0.1, 0.15) is 12.0 Å². The highest BCUT2D eigenvalue weighted by Crippen LogP contribution is 2.25. The zero-order chi connectivity index (χ0) is 11.8. The third-order valence-electron chi connectivity index (χ3n) is 1.46. The van der Waals surface area contributed by atoms with Crippen LogP contribution in [0.5, 0.6) is 0 Å². The first-order chi connectivity index (χ1) is 6.73. The van der Waals surface area contributed by atoms with Gasteiger partial charge in [-0.2, -0.15) is 4.39 Å². The van der Waals surface area contributed by atoms with Gasteiger partial charge in [-0.1, -0.05) is 0 Å². The first kappa shape index (κ1) is 12.1. The highest BCUT2D eigenvalue weighted by Gasteiger charge is 2.26. The van der Waals surface area contributed by atoms with Gasteiger partial charge in [0.15, 0.2) is 10.8 Å². The molecule has 1 rings (SSSR count). The van der Waals surface area contributed by atoms with E-state index in [0.29, 0.717) is 0 Å². The van der Waals surface area contributed by atoms with Crippen LogP contribution < -0.4 is 5.56 Å². The minimum atomic E-state index is -4.64. The molecule has 0 fully saturated rings. The minimum Gasteiger partial charge on any atom is -0.298 e. The van der Waals surface area contributed by atoms with E-state index in [4.69, 9.17) is 10.7 Å². The lowest BCUT2D eigenvalue weighted by Crippen LogP contribution is -2.19. The molecule has 0 saturated heterocycles. The first-order valence-electron chi connectivity index (χ1n) is 3.39. The Bertz CT molecular complexity index is 539. The van der Waals surface area contributed by atoms with Crippen LogP contribution in [0.25, 0.3) is 0 Å². The molecule has 0 amide bonds. The fourth-order valence-corrected chi connectivity index (χ4v) is 2.13. The summed E-state index contributed by atoms with van der Waals surface area (Å²) in [5.74, 6) is -1.36. The van der Waals surface area contributed by atoms with Gasteiger partial charge < -0.3 is 0 Å². The molecule has 0 spiro atoms. The molecule has 0 aliphatic rings. The van der Waals surface area contributed by atoms with E-state index in [9.17, 15) is 26.4 Å². The number of hydrogen-bond donors (Lipinski definition) is 1. The van der Waals surface area contributed by atoms with Crippen molar-refractivity contribution in [3.8, 4) is 0 Å². The molecule has 0 aromatic carbocycles. The molecule has 15 heavy (non-hydrogen) atoms. The zero-order valence-corrected chi connectivity index (χ0v) is 8.37. The van der Waals surface area contributed by atoms with Crippen LogP contribution in [0.3, 0.4) is 0 Å². The molecule has 0 radical (unpaired) electrons. The largest absolute Gasteiger partial charge is 0.298 e. The van der Waals surface area contributed by atoms with E-state index >= 15 is 0 Å². The van der Waals surface area contributed by atoms with E-state index in [1.54, 1.807) is 0 Å². The molecule has 0 saturated carbocycles. The lowest BCUT2D eigenvalue weighted by atomic mass is 10.3. The van der Waals surface area contributed by atoms with Crippen LogP contribution >= 0.6 is 10.7 Å². The van der Waals surface area contributed by atoms with Crippen molar-refractivity contribution in [1.82, 2.24) is 4.98 Å². The average molecular weight is 262 g/mol. The van der Waals surface area contributed by atoms with Gasteiger partial charge in [0.25, 0.3) is 21.0 Å². The van der Waals surface area contributed by atoms with Crippen molar-refractivity contribution >= 4 is 19.7 Å². The molecule has 0 unspecified atom stereocenters. The van der Waals surface area contributed by atoms with E-state index in [0.717, 1.165) is 0 Å². The van der Waals surface area contributed by atoms with Crippen molar-refractivity contribution in [2.75, 3.05) is 0 Å². The van der Waals surface area contributed by atoms with Crippen molar-refractivity contribution in [3.05, 3.63) is 27.9 Å². The molecule has 0 aliphatic heterocycles. The van der Waals surface area contributed by atoms with Crippen molar-refractivity contribution in [1.29, 1.82) is 0 Å². The summed E-state index contributed by atoms with van der Waals surface area (Å²) in [5, 5.41) is 0. The molecule has 1 N–H and O–H groups in total. The first-order valence-corrected chi connectivity index (χ1v) is 5.70. The summed E-state index contributed by atoms with van der Waals surface area (Å²) in [6.45, 7) is 0. The van der Waals surface area contributed by atoms with E-state index < -0.39 is 37.4 Å². The Morgan fingerprint density at radius 1 is 1.40 bits per heavy atom. The van der Waals surface area contributed by atoms with Gasteiger partial charge in [0, 0.05) is 22.3 Å². The fraction of sp³-hybridized carbons (Fsp3) is 0.167. The normalized spacial score (nSPS) is 12.1. The van der Waals surface area contributed by atoms with E-state index in [2.05, 4.69) is 0 Å². The molecule has 0 atom stereocenters. The SMILES string of the molecule is O=c1[nH]c(F)cc(C(F)F)c1S(=O)(=O)Cl. The van der Waals surface area contributed by atoms with Gasteiger partial charge in [-0.15, -0.1) is 0 Å². The molecular formula is C6H3ClF3NO3S. The Hall–Kier alpha value is -1.02. The second kappa shape index (κ2) is 3.86. The number of rotatable bonds is 2. The maximum atomic E-state index is 12.5. The number of H-pyrrole nitrogens is 1. The summed E-state index contributed by atoms with van der Waals surface area (Å²) in [5.41, 5.74) is -2.77. The van der Waals surface area contributed by atoms with Crippen molar-refractivity contribution in [2.24, 2.45) is 0 Å². The maximum Gasteiger partial charge on any atom is 0.270 e. The molecule has 0 bridgehead atoms. The summed E-state index contributed by atoms with van der Waals surface area (Å²) in [6, 6.07) is 0.210. The summed E-state index contributed by atoms with van der Waals surface area (Å²) in [7, 11) is 0.118.